The van der Waals surface area contributed by atoms with Gasteiger partial charge in [0, 0.05) is 11.6 Å². The van der Waals surface area contributed by atoms with Crippen molar-refractivity contribution < 1.29 is 32.2 Å². The van der Waals surface area contributed by atoms with Crippen molar-refractivity contribution in [3.8, 4) is 28.5 Å². The van der Waals surface area contributed by atoms with E-state index in [0.717, 1.165) is 11.6 Å². The number of halogens is 3. The quantitative estimate of drug-likeness (QED) is 0.604. The van der Waals surface area contributed by atoms with Gasteiger partial charge in [-0.15, -0.1) is 13.2 Å². The highest BCUT2D eigenvalue weighted by Gasteiger charge is 2.32. The lowest BCUT2D eigenvalue weighted by molar-refractivity contribution is -0.274. The first kappa shape index (κ1) is 21.0. The fraction of sp³-hybridized carbons (Fsp3) is 0.200. The SMILES string of the molecule is COc1ccc(-c2cc(CNC(=O)c3ccccc3OC(F)(F)F)n[nH]2)c(OC)c1. The number of carbonyl (C=O) groups excluding carboxylic acids is 1. The van der Waals surface area contributed by atoms with E-state index >= 15 is 0 Å². The summed E-state index contributed by atoms with van der Waals surface area (Å²) in [6.45, 7) is -0.00580. The standard InChI is InChI=1S/C20H18F3N3O4/c1-28-13-7-8-14(18(10-13)29-2)16-9-12(25-26-16)11-24-19(27)15-5-3-4-6-17(15)30-20(21,22)23/h3-10H,11H2,1-2H3,(H,24,27)(H,25,26). The van der Waals surface area contributed by atoms with E-state index in [9.17, 15) is 18.0 Å². The van der Waals surface area contributed by atoms with Crippen LogP contribution in [0.1, 0.15) is 16.1 Å². The van der Waals surface area contributed by atoms with E-state index in [1.165, 1.54) is 25.3 Å². The molecule has 1 heterocycles. The summed E-state index contributed by atoms with van der Waals surface area (Å²) in [4.78, 5) is 12.3. The third kappa shape index (κ3) is 5.02. The third-order valence-corrected chi connectivity index (χ3v) is 4.12. The molecule has 1 amide bonds. The number of para-hydroxylation sites is 1. The van der Waals surface area contributed by atoms with Crippen LogP contribution in [0.25, 0.3) is 11.3 Å². The minimum absolute atomic E-state index is 0.00580. The number of hydrogen-bond acceptors (Lipinski definition) is 5. The van der Waals surface area contributed by atoms with Gasteiger partial charge in [0.15, 0.2) is 0 Å². The van der Waals surface area contributed by atoms with Gasteiger partial charge in [0.05, 0.1) is 37.7 Å². The number of alkyl halides is 3. The Labute approximate surface area is 169 Å². The molecule has 158 valence electrons. The first-order chi connectivity index (χ1) is 14.3. The fourth-order valence-electron chi connectivity index (χ4n) is 2.75. The van der Waals surface area contributed by atoms with Gasteiger partial charge in [-0.2, -0.15) is 5.10 Å². The Hall–Kier alpha value is -3.69. The molecule has 2 aromatic carbocycles. The number of nitrogens with one attached hydrogen (secondary N) is 2. The summed E-state index contributed by atoms with van der Waals surface area (Å²) in [5.41, 5.74) is 1.61. The summed E-state index contributed by atoms with van der Waals surface area (Å²) in [5, 5.41) is 9.50. The average molecular weight is 421 g/mol. The number of ether oxygens (including phenoxy) is 3. The first-order valence-electron chi connectivity index (χ1n) is 8.70. The average Bonchev–Trinajstić information content (AvgIpc) is 3.19. The van der Waals surface area contributed by atoms with Crippen molar-refractivity contribution in [2.24, 2.45) is 0 Å². The maximum Gasteiger partial charge on any atom is 0.573 e. The number of aromatic amines is 1. The molecule has 0 unspecified atom stereocenters. The smallest absolute Gasteiger partial charge is 0.497 e. The maximum atomic E-state index is 12.5. The minimum atomic E-state index is -4.90. The van der Waals surface area contributed by atoms with Gasteiger partial charge in [-0.05, 0) is 30.3 Å². The lowest BCUT2D eigenvalue weighted by atomic mass is 10.1. The third-order valence-electron chi connectivity index (χ3n) is 4.12. The van der Waals surface area contributed by atoms with Crippen LogP contribution in [0.5, 0.6) is 17.2 Å². The van der Waals surface area contributed by atoms with E-state index in [-0.39, 0.29) is 12.1 Å². The van der Waals surface area contributed by atoms with Crippen molar-refractivity contribution in [3.63, 3.8) is 0 Å². The molecule has 0 bridgehead atoms. The predicted octanol–water partition coefficient (Wildman–Crippen LogP) is 3.92. The number of hydrogen-bond donors (Lipinski definition) is 2. The molecule has 2 N–H and O–H groups in total. The van der Waals surface area contributed by atoms with E-state index in [2.05, 4.69) is 20.3 Å². The second-order valence-electron chi connectivity index (χ2n) is 6.07. The molecule has 0 atom stereocenters. The number of nitrogens with zero attached hydrogens (tertiary/aromatic N) is 1. The van der Waals surface area contributed by atoms with Crippen molar-refractivity contribution in [1.29, 1.82) is 0 Å². The van der Waals surface area contributed by atoms with Gasteiger partial charge >= 0.3 is 6.36 Å². The molecule has 0 aliphatic heterocycles. The Morgan fingerprint density at radius 2 is 1.83 bits per heavy atom. The van der Waals surface area contributed by atoms with Crippen LogP contribution in [0.3, 0.4) is 0 Å². The summed E-state index contributed by atoms with van der Waals surface area (Å²) < 4.78 is 52.0. The highest BCUT2D eigenvalue weighted by molar-refractivity contribution is 5.96. The zero-order valence-corrected chi connectivity index (χ0v) is 16.0. The molecule has 0 aliphatic rings. The molecule has 0 aliphatic carbocycles. The molecular weight excluding hydrogens is 403 g/mol. The van der Waals surface area contributed by atoms with Crippen molar-refractivity contribution in [3.05, 3.63) is 59.8 Å². The summed E-state index contributed by atoms with van der Waals surface area (Å²) in [5.74, 6) is -0.108. The summed E-state index contributed by atoms with van der Waals surface area (Å²) in [6.07, 6.45) is -4.90. The largest absolute Gasteiger partial charge is 0.573 e. The molecule has 1 aromatic heterocycles. The molecule has 10 heteroatoms. The highest BCUT2D eigenvalue weighted by atomic mass is 19.4. The number of benzene rings is 2. The zero-order valence-electron chi connectivity index (χ0n) is 16.0. The molecule has 3 aromatic rings. The molecule has 0 saturated heterocycles. The Morgan fingerprint density at radius 3 is 2.53 bits per heavy atom. The summed E-state index contributed by atoms with van der Waals surface area (Å²) in [7, 11) is 3.07. The Kier molecular flexibility index (Phi) is 6.14. The topological polar surface area (TPSA) is 85.5 Å². The molecule has 30 heavy (non-hydrogen) atoms. The number of methoxy groups -OCH3 is 2. The predicted molar refractivity (Wildman–Crippen MR) is 101 cm³/mol. The van der Waals surface area contributed by atoms with Gasteiger partial charge in [-0.1, -0.05) is 12.1 Å². The molecule has 0 saturated carbocycles. The highest BCUT2D eigenvalue weighted by Crippen LogP contribution is 2.32. The number of rotatable bonds is 7. The van der Waals surface area contributed by atoms with Crippen molar-refractivity contribution in [1.82, 2.24) is 15.5 Å². The van der Waals surface area contributed by atoms with Crippen LogP contribution >= 0.6 is 0 Å². The van der Waals surface area contributed by atoms with Crippen molar-refractivity contribution in [2.45, 2.75) is 12.9 Å². The fourth-order valence-corrected chi connectivity index (χ4v) is 2.75. The van der Waals surface area contributed by atoms with Gasteiger partial charge in [0.1, 0.15) is 17.2 Å². The van der Waals surface area contributed by atoms with Crippen LogP contribution in [0, 0.1) is 0 Å². The van der Waals surface area contributed by atoms with Crippen LogP contribution < -0.4 is 19.5 Å². The monoisotopic (exact) mass is 421 g/mol. The van der Waals surface area contributed by atoms with Crippen LogP contribution in [0.2, 0.25) is 0 Å². The summed E-state index contributed by atoms with van der Waals surface area (Å²) in [6, 6.07) is 12.1. The molecule has 3 rings (SSSR count). The van der Waals surface area contributed by atoms with Crippen molar-refractivity contribution in [2.75, 3.05) is 14.2 Å². The number of H-pyrrole nitrogens is 1. The minimum Gasteiger partial charge on any atom is -0.497 e. The second-order valence-corrected chi connectivity index (χ2v) is 6.07. The van der Waals surface area contributed by atoms with Crippen LogP contribution in [0.15, 0.2) is 48.5 Å². The molecule has 7 nitrogen and oxygen atoms in total. The van der Waals surface area contributed by atoms with E-state index in [1.807, 2.05) is 0 Å². The molecule has 0 radical (unpaired) electrons. The first-order valence-corrected chi connectivity index (χ1v) is 8.70. The zero-order chi connectivity index (χ0) is 21.7. The van der Waals surface area contributed by atoms with Gasteiger partial charge < -0.3 is 19.5 Å². The normalized spacial score (nSPS) is 11.1. The van der Waals surface area contributed by atoms with E-state index < -0.39 is 18.0 Å². The summed E-state index contributed by atoms with van der Waals surface area (Å²) >= 11 is 0. The number of aromatic nitrogens is 2. The van der Waals surface area contributed by atoms with Gasteiger partial charge in [0.25, 0.3) is 5.91 Å². The van der Waals surface area contributed by atoms with Crippen molar-refractivity contribution >= 4 is 5.91 Å². The number of amides is 1. The van der Waals surface area contributed by atoms with E-state index in [1.54, 1.807) is 31.4 Å². The lowest BCUT2D eigenvalue weighted by Crippen LogP contribution is -2.25. The van der Waals surface area contributed by atoms with Crippen LogP contribution in [0.4, 0.5) is 13.2 Å². The van der Waals surface area contributed by atoms with E-state index in [0.29, 0.717) is 22.9 Å². The molecule has 0 fully saturated rings. The molecular formula is C20H18F3N3O4. The Balaban J connectivity index is 1.72. The molecule has 0 spiro atoms. The Morgan fingerprint density at radius 1 is 1.07 bits per heavy atom. The van der Waals surface area contributed by atoms with Crippen LogP contribution in [-0.2, 0) is 6.54 Å². The maximum absolute atomic E-state index is 12.5. The van der Waals surface area contributed by atoms with Gasteiger partial charge in [0.2, 0.25) is 0 Å². The van der Waals surface area contributed by atoms with Gasteiger partial charge in [-0.3, -0.25) is 9.89 Å². The van der Waals surface area contributed by atoms with E-state index in [4.69, 9.17) is 9.47 Å². The lowest BCUT2D eigenvalue weighted by Gasteiger charge is -2.12. The second kappa shape index (κ2) is 8.76. The van der Waals surface area contributed by atoms with Crippen LogP contribution in [-0.4, -0.2) is 36.7 Å². The Bertz CT molecular complexity index is 1030. The number of carbonyl (C=O) groups is 1. The van der Waals surface area contributed by atoms with Gasteiger partial charge in [-0.25, -0.2) is 0 Å².